The molecule has 0 radical (unpaired) electrons. The highest BCUT2D eigenvalue weighted by Gasteiger charge is 2.15. The molecule has 0 atom stereocenters. The minimum absolute atomic E-state index is 0.254. The number of pyridine rings is 4. The van der Waals surface area contributed by atoms with Crippen molar-refractivity contribution in [1.82, 2.24) is 29.1 Å². The molecule has 8 rings (SSSR count). The molecule has 10 nitrogen and oxygen atoms in total. The fourth-order valence-corrected chi connectivity index (χ4v) is 6.00. The Balaban J connectivity index is 1.03. The van der Waals surface area contributed by atoms with E-state index in [9.17, 15) is 0 Å². The summed E-state index contributed by atoms with van der Waals surface area (Å²) < 4.78 is 20.8. The van der Waals surface area contributed by atoms with Crippen LogP contribution in [0.3, 0.4) is 0 Å². The quantitative estimate of drug-likeness (QED) is 0.117. The summed E-state index contributed by atoms with van der Waals surface area (Å²) in [5.41, 5.74) is 7.25. The van der Waals surface area contributed by atoms with E-state index in [0.29, 0.717) is 34.4 Å². The van der Waals surface area contributed by atoms with Gasteiger partial charge in [0.2, 0.25) is 12.7 Å². The molecule has 0 aliphatic carbocycles. The van der Waals surface area contributed by atoms with Crippen molar-refractivity contribution in [3.8, 4) is 45.8 Å². The van der Waals surface area contributed by atoms with Crippen LogP contribution in [-0.2, 0) is 0 Å². The van der Waals surface area contributed by atoms with Crippen LogP contribution in [0.1, 0.15) is 39.8 Å². The standard InChI is InChI=1S/C40H34N8O2/c1-27(2)45-25-47(39-11-7-5-9-37(39)45)29-17-33(23-41-21-29)49-31-13-15-43-35(19-31)36-20-32(14-16-44-36)50-34-18-30(22-42-24-34)48-26-46(28(3)4)38-10-6-8-12-40(38)48/h5-24,27-28H,1-4H3. The Hall–Kier alpha value is -6.42. The zero-order valence-corrected chi connectivity index (χ0v) is 28.1. The van der Waals surface area contributed by atoms with Crippen LogP contribution < -0.4 is 18.6 Å². The molecule has 6 heterocycles. The summed E-state index contributed by atoms with van der Waals surface area (Å²) in [6.45, 7) is 8.57. The Labute approximate surface area is 289 Å². The Morgan fingerprint density at radius 2 is 0.980 bits per heavy atom. The Morgan fingerprint density at radius 3 is 1.42 bits per heavy atom. The predicted molar refractivity (Wildman–Crippen MR) is 189 cm³/mol. The molecule has 6 aromatic heterocycles. The van der Waals surface area contributed by atoms with E-state index < -0.39 is 0 Å². The summed E-state index contributed by atoms with van der Waals surface area (Å²) in [6, 6.07) is 28.2. The van der Waals surface area contributed by atoms with Gasteiger partial charge in [-0.25, -0.2) is 0 Å². The molecule has 0 aliphatic heterocycles. The van der Waals surface area contributed by atoms with Crippen molar-refractivity contribution in [2.45, 2.75) is 39.8 Å². The molecular weight excluding hydrogens is 624 g/mol. The van der Waals surface area contributed by atoms with E-state index in [-0.39, 0.29) is 12.1 Å². The number of aromatic nitrogens is 8. The van der Waals surface area contributed by atoms with Gasteiger partial charge in [-0.1, -0.05) is 48.5 Å². The van der Waals surface area contributed by atoms with E-state index >= 15 is 0 Å². The fourth-order valence-electron chi connectivity index (χ4n) is 6.00. The monoisotopic (exact) mass is 658 g/mol. The lowest BCUT2D eigenvalue weighted by Gasteiger charge is -2.11. The van der Waals surface area contributed by atoms with Crippen molar-refractivity contribution in [3.05, 3.63) is 135 Å². The van der Waals surface area contributed by atoms with Crippen LogP contribution in [0.15, 0.2) is 122 Å². The minimum atomic E-state index is 0.254. The number of fused-ring (bicyclic) bond motifs is 2. The number of nitrogens with zero attached hydrogens (tertiary/aromatic N) is 8. The highest BCUT2D eigenvalue weighted by Crippen LogP contribution is 2.29. The number of para-hydroxylation sites is 4. The van der Waals surface area contributed by atoms with E-state index in [1.54, 1.807) is 37.2 Å². The highest BCUT2D eigenvalue weighted by molar-refractivity contribution is 5.73. The lowest BCUT2D eigenvalue weighted by Crippen LogP contribution is -2.29. The third-order valence-electron chi connectivity index (χ3n) is 8.32. The van der Waals surface area contributed by atoms with Gasteiger partial charge in [-0.15, -0.1) is 0 Å². The van der Waals surface area contributed by atoms with Gasteiger partial charge in [0.1, 0.15) is 23.0 Å². The van der Waals surface area contributed by atoms with Gasteiger partial charge in [-0.2, -0.15) is 0 Å². The number of ether oxygens (including phenoxy) is 2. The van der Waals surface area contributed by atoms with E-state index in [1.807, 2.05) is 69.8 Å². The largest absolute Gasteiger partial charge is 0.456 e. The minimum Gasteiger partial charge on any atom is -0.456 e. The van der Waals surface area contributed by atoms with Crippen molar-refractivity contribution in [1.29, 1.82) is 0 Å². The third kappa shape index (κ3) is 5.92. The van der Waals surface area contributed by atoms with Crippen LogP contribution in [0.5, 0.6) is 23.0 Å². The maximum Gasteiger partial charge on any atom is 0.244 e. The van der Waals surface area contributed by atoms with Crippen LogP contribution in [0.2, 0.25) is 0 Å². The Kier molecular flexibility index (Phi) is 7.96. The van der Waals surface area contributed by atoms with Crippen molar-refractivity contribution >= 4 is 22.1 Å². The fraction of sp³-hybridized carbons (Fsp3) is 0.150. The maximum absolute atomic E-state index is 6.29. The van der Waals surface area contributed by atoms with Gasteiger partial charge in [0.05, 0.1) is 69.3 Å². The summed E-state index contributed by atoms with van der Waals surface area (Å²) in [7, 11) is 0. The van der Waals surface area contributed by atoms with Crippen LogP contribution in [-0.4, -0.2) is 29.1 Å². The van der Waals surface area contributed by atoms with Crippen LogP contribution >= 0.6 is 0 Å². The van der Waals surface area contributed by atoms with Gasteiger partial charge in [0.25, 0.3) is 0 Å². The van der Waals surface area contributed by atoms with Gasteiger partial charge in [-0.3, -0.25) is 19.9 Å². The first-order valence-electron chi connectivity index (χ1n) is 16.5. The molecule has 0 saturated carbocycles. The van der Waals surface area contributed by atoms with E-state index in [2.05, 4.69) is 93.7 Å². The summed E-state index contributed by atoms with van der Waals surface area (Å²) >= 11 is 0. The zero-order valence-electron chi connectivity index (χ0n) is 28.1. The third-order valence-corrected chi connectivity index (χ3v) is 8.32. The summed E-state index contributed by atoms with van der Waals surface area (Å²) in [6.07, 6.45) is 17.3. The first kappa shape index (κ1) is 30.9. The average molecular weight is 659 g/mol. The van der Waals surface area contributed by atoms with Crippen LogP contribution in [0.4, 0.5) is 0 Å². The Morgan fingerprint density at radius 1 is 0.540 bits per heavy atom. The summed E-state index contributed by atoms with van der Waals surface area (Å²) in [5, 5.41) is 0. The van der Waals surface area contributed by atoms with Crippen molar-refractivity contribution < 1.29 is 18.6 Å². The van der Waals surface area contributed by atoms with Crippen LogP contribution in [0, 0.1) is 12.7 Å². The molecule has 2 aromatic carbocycles. The smallest absolute Gasteiger partial charge is 0.244 e. The maximum atomic E-state index is 6.29. The molecule has 8 aromatic rings. The molecule has 50 heavy (non-hydrogen) atoms. The van der Waals surface area contributed by atoms with Crippen LogP contribution in [0.25, 0.3) is 44.8 Å². The molecule has 0 saturated heterocycles. The topological polar surface area (TPSA) is 87.6 Å². The number of hydrogen-bond donors (Lipinski definition) is 0. The van der Waals surface area contributed by atoms with Gasteiger partial charge >= 0.3 is 0 Å². The number of hydrogen-bond acceptors (Lipinski definition) is 6. The highest BCUT2D eigenvalue weighted by atomic mass is 16.5. The average Bonchev–Trinajstić information content (AvgIpc) is 3.72. The van der Waals surface area contributed by atoms with Gasteiger partial charge in [0, 0.05) is 36.9 Å². The first-order valence-corrected chi connectivity index (χ1v) is 16.5. The van der Waals surface area contributed by atoms with Gasteiger partial charge in [-0.05, 0) is 52.0 Å². The second-order valence-electron chi connectivity index (χ2n) is 12.5. The Bertz CT molecular complexity index is 2310. The molecule has 0 N–H and O–H groups in total. The van der Waals surface area contributed by atoms with E-state index in [0.717, 1.165) is 33.4 Å². The molecule has 0 aliphatic rings. The SMILES string of the molecule is CC(C)n1[c-][n+](-c2cncc(Oc3ccnc(-c4cc(Oc5cncc(-[n+]6[c-]n(C(C)C)c7ccccc76)c5)ccn4)c3)c2)c2ccccc21. The van der Waals surface area contributed by atoms with Crippen molar-refractivity contribution in [3.63, 3.8) is 0 Å². The number of imidazole rings is 2. The predicted octanol–water partition coefficient (Wildman–Crippen LogP) is 7.74. The van der Waals surface area contributed by atoms with E-state index in [1.165, 1.54) is 0 Å². The van der Waals surface area contributed by atoms with Crippen molar-refractivity contribution in [2.24, 2.45) is 0 Å². The molecule has 10 heteroatoms. The molecule has 0 fully saturated rings. The lowest BCUT2D eigenvalue weighted by molar-refractivity contribution is -0.573. The van der Waals surface area contributed by atoms with E-state index in [4.69, 9.17) is 9.47 Å². The number of rotatable bonds is 9. The normalized spacial score (nSPS) is 11.6. The van der Waals surface area contributed by atoms with Crippen molar-refractivity contribution in [2.75, 3.05) is 0 Å². The molecule has 0 amide bonds. The summed E-state index contributed by atoms with van der Waals surface area (Å²) in [5.74, 6) is 2.38. The zero-order chi connectivity index (χ0) is 34.2. The molecular formula is C40H34N8O2. The van der Waals surface area contributed by atoms with Gasteiger partial charge in [0.15, 0.2) is 0 Å². The summed E-state index contributed by atoms with van der Waals surface area (Å²) in [4.78, 5) is 18.1. The van der Waals surface area contributed by atoms with Gasteiger partial charge < -0.3 is 27.7 Å². The lowest BCUT2D eigenvalue weighted by atomic mass is 10.2. The second kappa shape index (κ2) is 12.9. The molecule has 246 valence electrons. The molecule has 0 spiro atoms. The molecule has 0 unspecified atom stereocenters. The first-order chi connectivity index (χ1) is 24.4. The number of benzene rings is 2. The second-order valence-corrected chi connectivity index (χ2v) is 12.5. The molecule has 0 bridgehead atoms.